The number of nitrogens with one attached hydrogen (secondary N) is 1. The van der Waals surface area contributed by atoms with Crippen LogP contribution in [0.3, 0.4) is 0 Å². The highest BCUT2D eigenvalue weighted by Crippen LogP contribution is 2.26. The van der Waals surface area contributed by atoms with Crippen LogP contribution >= 0.6 is 23.2 Å². The Morgan fingerprint density at radius 2 is 2.15 bits per heavy atom. The fourth-order valence-electron chi connectivity index (χ4n) is 1.74. The second-order valence-corrected chi connectivity index (χ2v) is 5.09. The van der Waals surface area contributed by atoms with E-state index in [1.165, 1.54) is 6.08 Å². The molecule has 3 nitrogen and oxygen atoms in total. The largest absolute Gasteiger partial charge is 0.465 e. The van der Waals surface area contributed by atoms with E-state index in [2.05, 4.69) is 5.32 Å². The van der Waals surface area contributed by atoms with E-state index < -0.39 is 0 Å². The number of carbonyl (C=O) groups excluding carboxylic acids is 1. The van der Waals surface area contributed by atoms with Gasteiger partial charge < -0.3 is 9.73 Å². The first kappa shape index (κ1) is 14.7. The molecule has 0 saturated carbocycles. The van der Waals surface area contributed by atoms with Crippen molar-refractivity contribution in [1.82, 2.24) is 5.32 Å². The lowest BCUT2D eigenvalue weighted by atomic mass is 10.1. The standard InChI is InChI=1S/C15H13Cl2NO2/c1-10(13-6-4-11(16)9-14(13)17)18-15(19)7-5-12-3-2-8-20-12/h2-10H,1H3,(H,18,19)/b7-5+. The third kappa shape index (κ3) is 3.89. The fourth-order valence-corrected chi connectivity index (χ4v) is 2.31. The lowest BCUT2D eigenvalue weighted by Crippen LogP contribution is -2.24. The van der Waals surface area contributed by atoms with Gasteiger partial charge >= 0.3 is 0 Å². The van der Waals surface area contributed by atoms with Gasteiger partial charge in [0.15, 0.2) is 0 Å². The van der Waals surface area contributed by atoms with Gasteiger partial charge in [0.05, 0.1) is 12.3 Å². The van der Waals surface area contributed by atoms with Crippen LogP contribution in [0.1, 0.15) is 24.3 Å². The molecule has 104 valence electrons. The number of hydrogen-bond donors (Lipinski definition) is 1. The molecule has 0 bridgehead atoms. The van der Waals surface area contributed by atoms with Gasteiger partial charge in [0.2, 0.25) is 5.91 Å². The molecule has 2 aromatic rings. The van der Waals surface area contributed by atoms with Crippen molar-refractivity contribution >= 4 is 35.2 Å². The van der Waals surface area contributed by atoms with E-state index in [0.29, 0.717) is 15.8 Å². The average Bonchev–Trinajstić information content (AvgIpc) is 2.89. The second kappa shape index (κ2) is 6.64. The third-order valence-electron chi connectivity index (χ3n) is 2.73. The molecule has 1 atom stereocenters. The third-order valence-corrected chi connectivity index (χ3v) is 3.29. The Kier molecular flexibility index (Phi) is 4.88. The summed E-state index contributed by atoms with van der Waals surface area (Å²) in [5, 5.41) is 3.92. The Morgan fingerprint density at radius 1 is 1.35 bits per heavy atom. The Labute approximate surface area is 127 Å². The van der Waals surface area contributed by atoms with E-state index in [1.807, 2.05) is 6.92 Å². The Bertz CT molecular complexity index is 621. The highest BCUT2D eigenvalue weighted by Gasteiger charge is 2.11. The average molecular weight is 310 g/mol. The Morgan fingerprint density at radius 3 is 2.80 bits per heavy atom. The number of halogens is 2. The fraction of sp³-hybridized carbons (Fsp3) is 0.133. The van der Waals surface area contributed by atoms with E-state index in [9.17, 15) is 4.79 Å². The first-order valence-corrected chi connectivity index (χ1v) is 6.79. The van der Waals surface area contributed by atoms with Crippen molar-refractivity contribution < 1.29 is 9.21 Å². The van der Waals surface area contributed by atoms with Crippen molar-refractivity contribution in [3.05, 3.63) is 64.0 Å². The molecule has 1 N–H and O–H groups in total. The topological polar surface area (TPSA) is 42.2 Å². The summed E-state index contributed by atoms with van der Waals surface area (Å²) in [7, 11) is 0. The number of amides is 1. The van der Waals surface area contributed by atoms with E-state index in [1.54, 1.807) is 42.7 Å². The summed E-state index contributed by atoms with van der Waals surface area (Å²) in [6.07, 6.45) is 4.57. The highest BCUT2D eigenvalue weighted by atomic mass is 35.5. The van der Waals surface area contributed by atoms with Crippen LogP contribution in [0, 0.1) is 0 Å². The molecular weight excluding hydrogens is 297 g/mol. The summed E-state index contributed by atoms with van der Waals surface area (Å²) < 4.78 is 5.10. The van der Waals surface area contributed by atoms with Crippen molar-refractivity contribution in [2.24, 2.45) is 0 Å². The van der Waals surface area contributed by atoms with E-state index in [0.717, 1.165) is 5.56 Å². The summed E-state index contributed by atoms with van der Waals surface area (Å²) in [5.74, 6) is 0.400. The highest BCUT2D eigenvalue weighted by molar-refractivity contribution is 6.35. The molecule has 0 aliphatic heterocycles. The SMILES string of the molecule is CC(NC(=O)/C=C/c1ccco1)c1ccc(Cl)cc1Cl. The minimum Gasteiger partial charge on any atom is -0.465 e. The van der Waals surface area contributed by atoms with Crippen LogP contribution in [0.5, 0.6) is 0 Å². The number of hydrogen-bond acceptors (Lipinski definition) is 2. The van der Waals surface area contributed by atoms with Gasteiger partial charge in [-0.3, -0.25) is 4.79 Å². The van der Waals surface area contributed by atoms with Gasteiger partial charge in [-0.15, -0.1) is 0 Å². The maximum atomic E-state index is 11.8. The van der Waals surface area contributed by atoms with Gasteiger partial charge in [-0.1, -0.05) is 29.3 Å². The number of furan rings is 1. The summed E-state index contributed by atoms with van der Waals surface area (Å²) in [6.45, 7) is 1.85. The van der Waals surface area contributed by atoms with E-state index in [4.69, 9.17) is 27.6 Å². The van der Waals surface area contributed by atoms with Gasteiger partial charge in [-0.05, 0) is 42.8 Å². The van der Waals surface area contributed by atoms with Gasteiger partial charge in [-0.25, -0.2) is 0 Å². The first-order valence-electron chi connectivity index (χ1n) is 6.03. The van der Waals surface area contributed by atoms with Crippen LogP contribution in [0.25, 0.3) is 6.08 Å². The zero-order valence-electron chi connectivity index (χ0n) is 10.8. The Hall–Kier alpha value is -1.71. The van der Waals surface area contributed by atoms with Crippen LogP contribution in [-0.4, -0.2) is 5.91 Å². The van der Waals surface area contributed by atoms with Crippen LogP contribution in [0.15, 0.2) is 47.1 Å². The molecule has 1 aromatic carbocycles. The predicted octanol–water partition coefficient (Wildman–Crippen LogP) is 4.48. The quantitative estimate of drug-likeness (QED) is 0.846. The van der Waals surface area contributed by atoms with Crippen molar-refractivity contribution in [2.75, 3.05) is 0 Å². The number of carbonyl (C=O) groups is 1. The molecule has 1 amide bonds. The zero-order chi connectivity index (χ0) is 14.5. The smallest absolute Gasteiger partial charge is 0.244 e. The predicted molar refractivity (Wildman–Crippen MR) is 80.8 cm³/mol. The zero-order valence-corrected chi connectivity index (χ0v) is 12.3. The van der Waals surface area contributed by atoms with Crippen molar-refractivity contribution in [1.29, 1.82) is 0 Å². The minimum atomic E-state index is -0.222. The molecule has 1 heterocycles. The molecule has 0 fully saturated rings. The summed E-state index contributed by atoms with van der Waals surface area (Å²) in [6, 6.07) is 8.50. The van der Waals surface area contributed by atoms with E-state index in [-0.39, 0.29) is 11.9 Å². The van der Waals surface area contributed by atoms with Gasteiger partial charge in [-0.2, -0.15) is 0 Å². The van der Waals surface area contributed by atoms with Crippen molar-refractivity contribution in [3.63, 3.8) is 0 Å². The van der Waals surface area contributed by atoms with E-state index >= 15 is 0 Å². The lowest BCUT2D eigenvalue weighted by Gasteiger charge is -2.14. The minimum absolute atomic E-state index is 0.214. The molecule has 5 heteroatoms. The van der Waals surface area contributed by atoms with Crippen molar-refractivity contribution in [2.45, 2.75) is 13.0 Å². The number of benzene rings is 1. The van der Waals surface area contributed by atoms with Crippen LogP contribution in [-0.2, 0) is 4.79 Å². The van der Waals surface area contributed by atoms with Gasteiger partial charge in [0.25, 0.3) is 0 Å². The monoisotopic (exact) mass is 309 g/mol. The van der Waals surface area contributed by atoms with Crippen LogP contribution in [0.4, 0.5) is 0 Å². The van der Waals surface area contributed by atoms with Gasteiger partial charge in [0, 0.05) is 16.1 Å². The molecular formula is C15H13Cl2NO2. The van der Waals surface area contributed by atoms with Crippen molar-refractivity contribution in [3.8, 4) is 0 Å². The summed E-state index contributed by atoms with van der Waals surface area (Å²) >= 11 is 11.9. The molecule has 0 radical (unpaired) electrons. The normalized spacial score (nSPS) is 12.6. The molecule has 0 spiro atoms. The second-order valence-electron chi connectivity index (χ2n) is 4.24. The maximum absolute atomic E-state index is 11.8. The van der Waals surface area contributed by atoms with Gasteiger partial charge in [0.1, 0.15) is 5.76 Å². The molecule has 0 saturated heterocycles. The lowest BCUT2D eigenvalue weighted by molar-refractivity contribution is -0.117. The summed E-state index contributed by atoms with van der Waals surface area (Å²) in [5.41, 5.74) is 0.816. The molecule has 1 aromatic heterocycles. The molecule has 0 aliphatic rings. The maximum Gasteiger partial charge on any atom is 0.244 e. The first-order chi connectivity index (χ1) is 9.56. The molecule has 1 unspecified atom stereocenters. The van der Waals surface area contributed by atoms with Crippen LogP contribution < -0.4 is 5.32 Å². The molecule has 2 rings (SSSR count). The molecule has 20 heavy (non-hydrogen) atoms. The Balaban J connectivity index is 2.00. The van der Waals surface area contributed by atoms with Crippen LogP contribution in [0.2, 0.25) is 10.0 Å². The molecule has 0 aliphatic carbocycles. The summed E-state index contributed by atoms with van der Waals surface area (Å²) in [4.78, 5) is 11.8. The number of rotatable bonds is 4.